The average Bonchev–Trinajstić information content (AvgIpc) is 2.85. The number of aromatic carboxylic acids is 1. The van der Waals surface area contributed by atoms with Crippen LogP contribution in [-0.4, -0.2) is 21.0 Å². The third-order valence-electron chi connectivity index (χ3n) is 2.42. The summed E-state index contributed by atoms with van der Waals surface area (Å²) in [5, 5.41) is 8.67. The molecule has 0 fully saturated rings. The normalized spacial score (nSPS) is 11.3. The van der Waals surface area contributed by atoms with Gasteiger partial charge in [0.1, 0.15) is 23.9 Å². The summed E-state index contributed by atoms with van der Waals surface area (Å²) in [5.41, 5.74) is -0.855. The third-order valence-corrected chi connectivity index (χ3v) is 2.42. The van der Waals surface area contributed by atoms with Crippen LogP contribution in [0.15, 0.2) is 30.5 Å². The molecule has 106 valence electrons. The lowest BCUT2D eigenvalue weighted by Crippen LogP contribution is -2.04. The van der Waals surface area contributed by atoms with E-state index in [4.69, 9.17) is 9.84 Å². The number of aromatic amines is 1. The maximum atomic E-state index is 12.3. The van der Waals surface area contributed by atoms with Gasteiger partial charge in [-0.25, -0.2) is 9.78 Å². The third kappa shape index (κ3) is 3.28. The molecule has 0 spiro atoms. The minimum Gasteiger partial charge on any atom is -0.486 e. The molecule has 0 radical (unpaired) electrons. The van der Waals surface area contributed by atoms with Crippen LogP contribution in [0, 0.1) is 0 Å². The number of carbonyl (C=O) groups is 1. The highest BCUT2D eigenvalue weighted by Crippen LogP contribution is 2.30. The Kier molecular flexibility index (Phi) is 3.64. The summed E-state index contributed by atoms with van der Waals surface area (Å²) in [5.74, 6) is -0.660. The van der Waals surface area contributed by atoms with Gasteiger partial charge >= 0.3 is 12.1 Å². The van der Waals surface area contributed by atoms with Crippen LogP contribution in [0.4, 0.5) is 13.2 Å². The molecular formula is C12H9F3N2O3. The van der Waals surface area contributed by atoms with Crippen LogP contribution in [0.1, 0.15) is 21.9 Å². The minimum atomic E-state index is -4.39. The number of imidazole rings is 1. The summed E-state index contributed by atoms with van der Waals surface area (Å²) in [4.78, 5) is 16.9. The van der Waals surface area contributed by atoms with E-state index in [1.807, 2.05) is 0 Å². The van der Waals surface area contributed by atoms with Crippen molar-refractivity contribution in [1.29, 1.82) is 0 Å². The Hall–Kier alpha value is -2.51. The van der Waals surface area contributed by atoms with Gasteiger partial charge in [0.2, 0.25) is 0 Å². The zero-order chi connectivity index (χ0) is 14.8. The number of hydrogen-bond donors (Lipinski definition) is 2. The number of carboxylic acids is 1. The van der Waals surface area contributed by atoms with E-state index in [0.717, 1.165) is 18.3 Å². The molecule has 0 saturated heterocycles. The first-order chi connectivity index (χ1) is 9.36. The predicted molar refractivity (Wildman–Crippen MR) is 61.3 cm³/mol. The summed E-state index contributed by atoms with van der Waals surface area (Å²) in [7, 11) is 0. The molecule has 0 saturated carbocycles. The number of halogens is 3. The monoisotopic (exact) mass is 286 g/mol. The molecule has 2 aromatic rings. The molecule has 0 bridgehead atoms. The number of aromatic nitrogens is 2. The lowest BCUT2D eigenvalue weighted by Gasteiger charge is -2.08. The molecule has 0 amide bonds. The molecule has 0 aliphatic rings. The first-order valence-corrected chi connectivity index (χ1v) is 5.43. The van der Waals surface area contributed by atoms with Crippen molar-refractivity contribution in [2.45, 2.75) is 12.8 Å². The molecule has 8 heteroatoms. The zero-order valence-corrected chi connectivity index (χ0v) is 9.94. The van der Waals surface area contributed by atoms with Gasteiger partial charge in [0.05, 0.1) is 11.8 Å². The molecule has 2 rings (SSSR count). The van der Waals surface area contributed by atoms with E-state index >= 15 is 0 Å². The van der Waals surface area contributed by atoms with Crippen molar-refractivity contribution in [3.8, 4) is 5.75 Å². The quantitative estimate of drug-likeness (QED) is 0.906. The Labute approximate surface area is 111 Å². The van der Waals surface area contributed by atoms with Gasteiger partial charge in [0.15, 0.2) is 0 Å². The van der Waals surface area contributed by atoms with Crippen molar-refractivity contribution >= 4 is 5.97 Å². The van der Waals surface area contributed by atoms with Crippen LogP contribution in [0.5, 0.6) is 5.75 Å². The van der Waals surface area contributed by atoms with Crippen LogP contribution >= 0.6 is 0 Å². The molecular weight excluding hydrogens is 277 g/mol. The second-order valence-electron chi connectivity index (χ2n) is 3.86. The Morgan fingerprint density at radius 1 is 1.30 bits per heavy atom. The maximum absolute atomic E-state index is 12.3. The summed E-state index contributed by atoms with van der Waals surface area (Å²) < 4.78 is 42.2. The molecule has 2 N–H and O–H groups in total. The fraction of sp³-hybridized carbons (Fsp3) is 0.167. The SMILES string of the molecule is O=C(O)c1cnc(COc2ccc(C(F)(F)F)cc2)[nH]1. The van der Waals surface area contributed by atoms with Crippen molar-refractivity contribution in [2.24, 2.45) is 0 Å². The van der Waals surface area contributed by atoms with E-state index in [1.54, 1.807) is 0 Å². The Morgan fingerprint density at radius 2 is 1.95 bits per heavy atom. The largest absolute Gasteiger partial charge is 0.486 e. The summed E-state index contributed by atoms with van der Waals surface area (Å²) in [6.45, 7) is -0.0708. The van der Waals surface area contributed by atoms with Crippen molar-refractivity contribution in [3.05, 3.63) is 47.5 Å². The van der Waals surface area contributed by atoms with Gasteiger partial charge in [-0.2, -0.15) is 13.2 Å². The van der Waals surface area contributed by atoms with Gasteiger partial charge in [-0.1, -0.05) is 0 Å². The van der Waals surface area contributed by atoms with Crippen LogP contribution in [0.25, 0.3) is 0 Å². The van der Waals surface area contributed by atoms with Gasteiger partial charge in [0, 0.05) is 0 Å². The lowest BCUT2D eigenvalue weighted by molar-refractivity contribution is -0.137. The lowest BCUT2D eigenvalue weighted by atomic mass is 10.2. The number of carboxylic acid groups (broad SMARTS) is 1. The molecule has 20 heavy (non-hydrogen) atoms. The summed E-state index contributed by atoms with van der Waals surface area (Å²) >= 11 is 0. The van der Waals surface area contributed by atoms with Gasteiger partial charge in [-0.15, -0.1) is 0 Å². The Morgan fingerprint density at radius 3 is 2.45 bits per heavy atom. The van der Waals surface area contributed by atoms with Gasteiger partial charge in [0.25, 0.3) is 0 Å². The van der Waals surface area contributed by atoms with Gasteiger partial charge in [-0.05, 0) is 24.3 Å². The van der Waals surface area contributed by atoms with Crippen LogP contribution < -0.4 is 4.74 Å². The van der Waals surface area contributed by atoms with E-state index in [-0.39, 0.29) is 23.9 Å². The maximum Gasteiger partial charge on any atom is 0.416 e. The second-order valence-corrected chi connectivity index (χ2v) is 3.86. The van der Waals surface area contributed by atoms with Gasteiger partial charge in [-0.3, -0.25) is 0 Å². The Bertz CT molecular complexity index is 605. The summed E-state index contributed by atoms with van der Waals surface area (Å²) in [6.07, 6.45) is -3.26. The molecule has 0 aliphatic carbocycles. The fourth-order valence-electron chi connectivity index (χ4n) is 1.44. The zero-order valence-electron chi connectivity index (χ0n) is 9.94. The number of nitrogens with one attached hydrogen (secondary N) is 1. The van der Waals surface area contributed by atoms with Crippen molar-refractivity contribution in [3.63, 3.8) is 0 Å². The number of alkyl halides is 3. The van der Waals surface area contributed by atoms with Gasteiger partial charge < -0.3 is 14.8 Å². The molecule has 0 atom stereocenters. The predicted octanol–water partition coefficient (Wildman–Crippen LogP) is 2.71. The van der Waals surface area contributed by atoms with E-state index in [1.165, 1.54) is 12.1 Å². The van der Waals surface area contributed by atoms with Crippen molar-refractivity contribution in [1.82, 2.24) is 9.97 Å². The van der Waals surface area contributed by atoms with E-state index < -0.39 is 17.7 Å². The highest BCUT2D eigenvalue weighted by molar-refractivity contribution is 5.84. The van der Waals surface area contributed by atoms with E-state index in [0.29, 0.717) is 0 Å². The van der Waals surface area contributed by atoms with Crippen molar-refractivity contribution in [2.75, 3.05) is 0 Å². The number of hydrogen-bond acceptors (Lipinski definition) is 3. The number of rotatable bonds is 4. The number of ether oxygens (including phenoxy) is 1. The van der Waals surface area contributed by atoms with Crippen LogP contribution in [-0.2, 0) is 12.8 Å². The first-order valence-electron chi connectivity index (χ1n) is 5.43. The van der Waals surface area contributed by atoms with E-state index in [9.17, 15) is 18.0 Å². The minimum absolute atomic E-state index is 0.0708. The number of benzene rings is 1. The molecule has 1 aromatic carbocycles. The number of H-pyrrole nitrogens is 1. The van der Waals surface area contributed by atoms with E-state index in [2.05, 4.69) is 9.97 Å². The standard InChI is InChI=1S/C12H9F3N2O3/c13-12(14,15)7-1-3-8(4-2-7)20-6-10-16-5-9(17-10)11(18)19/h1-5H,6H2,(H,16,17)(H,18,19). The first kappa shape index (κ1) is 13.9. The van der Waals surface area contributed by atoms with Crippen molar-refractivity contribution < 1.29 is 27.8 Å². The van der Waals surface area contributed by atoms with Crippen LogP contribution in [0.3, 0.4) is 0 Å². The topological polar surface area (TPSA) is 75.2 Å². The Balaban J connectivity index is 1.98. The smallest absolute Gasteiger partial charge is 0.416 e. The average molecular weight is 286 g/mol. The molecule has 0 aliphatic heterocycles. The molecule has 5 nitrogen and oxygen atoms in total. The molecule has 1 aromatic heterocycles. The highest BCUT2D eigenvalue weighted by Gasteiger charge is 2.30. The molecule has 0 unspecified atom stereocenters. The highest BCUT2D eigenvalue weighted by atomic mass is 19.4. The summed E-state index contributed by atoms with van der Waals surface area (Å²) in [6, 6.07) is 4.17. The fourth-order valence-corrected chi connectivity index (χ4v) is 1.44. The number of nitrogens with zero attached hydrogens (tertiary/aromatic N) is 1. The second kappa shape index (κ2) is 5.24. The van der Waals surface area contributed by atoms with Crippen LogP contribution in [0.2, 0.25) is 0 Å². The molecule has 1 heterocycles.